The molecule has 1 N–H and O–H groups in total. The number of pyridine rings is 1. The van der Waals surface area contributed by atoms with E-state index in [-0.39, 0.29) is 11.3 Å². The lowest BCUT2D eigenvalue weighted by molar-refractivity contribution is -0.897. The Morgan fingerprint density at radius 1 is 1.15 bits per heavy atom. The number of aromatic nitrogens is 1. The third-order valence-corrected chi connectivity index (χ3v) is 3.13. The Labute approximate surface area is 115 Å². The van der Waals surface area contributed by atoms with E-state index in [1.54, 1.807) is 13.8 Å². The van der Waals surface area contributed by atoms with Gasteiger partial charge in [0.05, 0.1) is 17.0 Å². The van der Waals surface area contributed by atoms with E-state index in [1.165, 1.54) is 36.5 Å². The predicted molar refractivity (Wildman–Crippen MR) is 67.8 cm³/mol. The van der Waals surface area contributed by atoms with Gasteiger partial charge in [-0.1, -0.05) is 0 Å². The van der Waals surface area contributed by atoms with Crippen LogP contribution in [0, 0.1) is 23.0 Å². The maximum absolute atomic E-state index is 14.6. The molecule has 0 saturated carbocycles. The van der Waals surface area contributed by atoms with Gasteiger partial charge in [0.1, 0.15) is 5.82 Å². The molecule has 1 heterocycles. The second-order valence-corrected chi connectivity index (χ2v) is 4.98. The van der Waals surface area contributed by atoms with Gasteiger partial charge >= 0.3 is 0 Å². The van der Waals surface area contributed by atoms with Gasteiger partial charge in [-0.25, -0.2) is 4.39 Å². The fourth-order valence-electron chi connectivity index (χ4n) is 1.93. The molecule has 0 aliphatic heterocycles. The Morgan fingerprint density at radius 3 is 2.30 bits per heavy atom. The van der Waals surface area contributed by atoms with Gasteiger partial charge in [-0.2, -0.15) is 9.65 Å². The lowest BCUT2D eigenvalue weighted by Crippen LogP contribution is -2.35. The summed E-state index contributed by atoms with van der Waals surface area (Å²) in [5.41, 5.74) is -0.648. The summed E-state index contributed by atoms with van der Waals surface area (Å²) in [5, 5.41) is 18.9. The van der Waals surface area contributed by atoms with E-state index in [0.717, 1.165) is 0 Å². The van der Waals surface area contributed by atoms with Gasteiger partial charge in [-0.05, 0) is 38.1 Å². The molecule has 2 aromatic rings. The molecule has 0 bridgehead atoms. The minimum absolute atomic E-state index is 0.106. The topological polar surface area (TPSA) is 47.9 Å². The molecule has 0 fully saturated rings. The smallest absolute Gasteiger partial charge is 0.284 e. The van der Waals surface area contributed by atoms with E-state index in [4.69, 9.17) is 5.26 Å². The van der Waals surface area contributed by atoms with Gasteiger partial charge in [-0.15, -0.1) is 0 Å². The summed E-state index contributed by atoms with van der Waals surface area (Å²) in [6, 6.07) is 8.45. The normalized spacial score (nSPS) is 11.2. The minimum atomic E-state index is -1.03. The quantitative estimate of drug-likeness (QED) is 0.676. The Bertz CT molecular complexity index is 688. The molecule has 0 aliphatic rings. The molecule has 1 aromatic heterocycles. The molecule has 3 nitrogen and oxygen atoms in total. The highest BCUT2D eigenvalue weighted by atomic mass is 19.1. The molecule has 0 saturated heterocycles. The molecule has 2 rings (SSSR count). The van der Waals surface area contributed by atoms with Crippen LogP contribution in [0.2, 0.25) is 0 Å². The Kier molecular flexibility index (Phi) is 3.41. The molecule has 0 aliphatic carbocycles. The first-order chi connectivity index (χ1) is 9.36. The van der Waals surface area contributed by atoms with Crippen LogP contribution < -0.4 is 4.73 Å². The van der Waals surface area contributed by atoms with Crippen LogP contribution in [0.4, 0.5) is 8.78 Å². The van der Waals surface area contributed by atoms with Crippen molar-refractivity contribution in [2.45, 2.75) is 19.3 Å². The third kappa shape index (κ3) is 2.32. The van der Waals surface area contributed by atoms with Crippen molar-refractivity contribution in [3.05, 3.63) is 53.7 Å². The van der Waals surface area contributed by atoms with Crippen molar-refractivity contribution in [2.24, 2.45) is 0 Å². The van der Waals surface area contributed by atoms with Crippen molar-refractivity contribution >= 4 is 0 Å². The number of benzene rings is 1. The minimum Gasteiger partial charge on any atom is -0.284 e. The first-order valence-electron chi connectivity index (χ1n) is 5.98. The maximum Gasteiger partial charge on any atom is 0.300 e. The van der Waals surface area contributed by atoms with Crippen molar-refractivity contribution < 1.29 is 18.7 Å². The molecular formula is C15H13F2N2O+. The Balaban J connectivity index is 2.68. The van der Waals surface area contributed by atoms with Gasteiger partial charge in [0.2, 0.25) is 12.0 Å². The van der Waals surface area contributed by atoms with Crippen molar-refractivity contribution in [2.75, 3.05) is 0 Å². The molecule has 0 unspecified atom stereocenters. The highest BCUT2D eigenvalue weighted by Crippen LogP contribution is 2.29. The number of hydrogen-bond donors (Lipinski definition) is 1. The number of hydrogen-bond acceptors (Lipinski definition) is 2. The monoisotopic (exact) mass is 275 g/mol. The number of halogens is 2. The second kappa shape index (κ2) is 4.89. The summed E-state index contributed by atoms with van der Waals surface area (Å²) in [4.78, 5) is 0. The summed E-state index contributed by atoms with van der Waals surface area (Å²) in [6.45, 7) is 3.17. The largest absolute Gasteiger partial charge is 0.300 e. The average Bonchev–Trinajstić information content (AvgIpc) is 2.40. The van der Waals surface area contributed by atoms with Gasteiger partial charge in [0, 0.05) is 16.4 Å². The van der Waals surface area contributed by atoms with Crippen LogP contribution in [0.25, 0.3) is 11.3 Å². The van der Waals surface area contributed by atoms with Crippen molar-refractivity contribution in [3.63, 3.8) is 0 Å². The molecule has 102 valence electrons. The highest BCUT2D eigenvalue weighted by molar-refractivity contribution is 5.58. The van der Waals surface area contributed by atoms with Crippen LogP contribution in [0.15, 0.2) is 36.5 Å². The molecule has 0 radical (unpaired) electrons. The zero-order chi connectivity index (χ0) is 14.9. The third-order valence-electron chi connectivity index (χ3n) is 3.13. The summed E-state index contributed by atoms with van der Waals surface area (Å²) in [5.74, 6) is -1.15. The average molecular weight is 275 g/mol. The molecule has 5 heteroatoms. The number of nitriles is 1. The fraction of sp³-hybridized carbons (Fsp3) is 0.200. The maximum atomic E-state index is 14.6. The fourth-order valence-corrected chi connectivity index (χ4v) is 1.93. The molecule has 0 atom stereocenters. The van der Waals surface area contributed by atoms with Crippen molar-refractivity contribution in [1.82, 2.24) is 0 Å². The van der Waals surface area contributed by atoms with Crippen molar-refractivity contribution in [3.8, 4) is 17.3 Å². The first kappa shape index (κ1) is 13.9. The SMILES string of the molecule is CC(C)(C#N)c1cc[n+](O)c(-c2ccc(F)cc2)c1F. The Morgan fingerprint density at radius 2 is 1.75 bits per heavy atom. The van der Waals surface area contributed by atoms with Crippen LogP contribution in [-0.2, 0) is 5.41 Å². The van der Waals surface area contributed by atoms with E-state index in [0.29, 0.717) is 10.3 Å². The summed E-state index contributed by atoms with van der Waals surface area (Å²) in [7, 11) is 0. The number of rotatable bonds is 2. The van der Waals surface area contributed by atoms with Crippen LogP contribution in [-0.4, -0.2) is 5.21 Å². The van der Waals surface area contributed by atoms with Gasteiger partial charge in [0.25, 0.3) is 5.69 Å². The molecule has 20 heavy (non-hydrogen) atoms. The molecular weight excluding hydrogens is 262 g/mol. The summed E-state index contributed by atoms with van der Waals surface area (Å²) < 4.78 is 28.1. The second-order valence-electron chi connectivity index (χ2n) is 4.98. The first-order valence-corrected chi connectivity index (χ1v) is 5.98. The number of nitrogens with zero attached hydrogens (tertiary/aromatic N) is 2. The van der Waals surface area contributed by atoms with Crippen LogP contribution in [0.3, 0.4) is 0 Å². The van der Waals surface area contributed by atoms with E-state index >= 15 is 0 Å². The van der Waals surface area contributed by atoms with E-state index in [1.807, 2.05) is 6.07 Å². The highest BCUT2D eigenvalue weighted by Gasteiger charge is 2.31. The standard InChI is InChI=1S/C15H13F2N2O/c1-15(2,9-18)12-7-8-19(20)14(13(12)17)10-3-5-11(16)6-4-10/h3-8,20H,1-2H3/q+1. The zero-order valence-electron chi connectivity index (χ0n) is 11.1. The van der Waals surface area contributed by atoms with Crippen LogP contribution in [0.1, 0.15) is 19.4 Å². The van der Waals surface area contributed by atoms with E-state index < -0.39 is 17.0 Å². The van der Waals surface area contributed by atoms with Crippen LogP contribution >= 0.6 is 0 Å². The molecule has 0 amide bonds. The van der Waals surface area contributed by atoms with E-state index in [9.17, 15) is 14.0 Å². The molecule has 0 spiro atoms. The Hall–Kier alpha value is -2.48. The lowest BCUT2D eigenvalue weighted by Gasteiger charge is -2.16. The van der Waals surface area contributed by atoms with Gasteiger partial charge in [-0.3, -0.25) is 5.21 Å². The van der Waals surface area contributed by atoms with Crippen LogP contribution in [0.5, 0.6) is 0 Å². The van der Waals surface area contributed by atoms with E-state index in [2.05, 4.69) is 0 Å². The van der Waals surface area contributed by atoms with Gasteiger partial charge in [0.15, 0.2) is 0 Å². The lowest BCUT2D eigenvalue weighted by atomic mass is 9.85. The summed E-state index contributed by atoms with van der Waals surface area (Å²) >= 11 is 0. The zero-order valence-corrected chi connectivity index (χ0v) is 11.1. The summed E-state index contributed by atoms with van der Waals surface area (Å²) in [6.07, 6.45) is 1.26. The van der Waals surface area contributed by atoms with Crippen molar-refractivity contribution in [1.29, 1.82) is 5.26 Å². The van der Waals surface area contributed by atoms with Gasteiger partial charge < -0.3 is 0 Å². The molecule has 1 aromatic carbocycles. The predicted octanol–water partition coefficient (Wildman–Crippen LogP) is 2.96.